The van der Waals surface area contributed by atoms with E-state index in [0.29, 0.717) is 44.2 Å². The van der Waals surface area contributed by atoms with Gasteiger partial charge in [-0.3, -0.25) is 14.5 Å². The normalized spacial score (nSPS) is 20.9. The van der Waals surface area contributed by atoms with E-state index in [9.17, 15) is 14.7 Å². The molecule has 0 saturated carbocycles. The maximum absolute atomic E-state index is 13.1. The molecule has 0 aliphatic carbocycles. The minimum atomic E-state index is -0.664. The van der Waals surface area contributed by atoms with Gasteiger partial charge >= 0.3 is 0 Å². The number of carbonyl (C=O) groups excluding carboxylic acids is 2. The summed E-state index contributed by atoms with van der Waals surface area (Å²) in [6.45, 7) is 6.52. The van der Waals surface area contributed by atoms with E-state index in [2.05, 4.69) is 4.90 Å². The SMILES string of the molecule is CCCOc1cccc(/C(O)=C2\C(=O)C(=O)N(CCN3CCOCC3)C2c2ccccc2)c1. The fourth-order valence-electron chi connectivity index (χ4n) is 4.28. The highest BCUT2D eigenvalue weighted by Gasteiger charge is 2.46. The number of morpholine rings is 1. The largest absolute Gasteiger partial charge is 0.507 e. The molecular formula is C26H30N2O5. The maximum Gasteiger partial charge on any atom is 0.295 e. The zero-order valence-electron chi connectivity index (χ0n) is 18.9. The summed E-state index contributed by atoms with van der Waals surface area (Å²) in [5.74, 6) is -0.822. The number of aliphatic hydroxyl groups excluding tert-OH is 1. The molecule has 0 radical (unpaired) electrons. The predicted molar refractivity (Wildman–Crippen MR) is 125 cm³/mol. The predicted octanol–water partition coefficient (Wildman–Crippen LogP) is 3.23. The Kier molecular flexibility index (Phi) is 7.42. The van der Waals surface area contributed by atoms with Crippen LogP contribution in [0.15, 0.2) is 60.2 Å². The lowest BCUT2D eigenvalue weighted by Crippen LogP contribution is -2.42. The summed E-state index contributed by atoms with van der Waals surface area (Å²) in [4.78, 5) is 30.0. The summed E-state index contributed by atoms with van der Waals surface area (Å²) in [6.07, 6.45) is 0.860. The van der Waals surface area contributed by atoms with Crippen molar-refractivity contribution in [2.45, 2.75) is 19.4 Å². The van der Waals surface area contributed by atoms with Gasteiger partial charge in [0, 0.05) is 31.7 Å². The van der Waals surface area contributed by atoms with E-state index in [1.807, 2.05) is 43.3 Å². The fourth-order valence-corrected chi connectivity index (χ4v) is 4.28. The number of Topliss-reactive ketones (excluding diaryl/α,β-unsaturated/α-hetero) is 1. The maximum atomic E-state index is 13.1. The zero-order chi connectivity index (χ0) is 23.2. The van der Waals surface area contributed by atoms with Crippen LogP contribution in [0, 0.1) is 0 Å². The minimum absolute atomic E-state index is 0.112. The molecule has 1 amide bonds. The highest BCUT2D eigenvalue weighted by Crippen LogP contribution is 2.39. The molecule has 2 fully saturated rings. The van der Waals surface area contributed by atoms with Crippen LogP contribution in [0.25, 0.3) is 5.76 Å². The molecule has 2 saturated heterocycles. The monoisotopic (exact) mass is 450 g/mol. The van der Waals surface area contributed by atoms with Crippen LogP contribution in [0.4, 0.5) is 0 Å². The molecule has 1 N–H and O–H groups in total. The van der Waals surface area contributed by atoms with Crippen molar-refractivity contribution < 1.29 is 24.2 Å². The van der Waals surface area contributed by atoms with Crippen molar-refractivity contribution in [2.24, 2.45) is 0 Å². The number of hydrogen-bond acceptors (Lipinski definition) is 6. The molecule has 2 aliphatic heterocycles. The number of carbonyl (C=O) groups is 2. The first kappa shape index (κ1) is 23.0. The lowest BCUT2D eigenvalue weighted by atomic mass is 9.95. The molecule has 7 heteroatoms. The first-order valence-corrected chi connectivity index (χ1v) is 11.5. The summed E-state index contributed by atoms with van der Waals surface area (Å²) >= 11 is 0. The lowest BCUT2D eigenvalue weighted by molar-refractivity contribution is -0.140. The Labute approximate surface area is 194 Å². The van der Waals surface area contributed by atoms with Crippen LogP contribution in [0.3, 0.4) is 0 Å². The third-order valence-corrected chi connectivity index (χ3v) is 6.00. The van der Waals surface area contributed by atoms with Crippen LogP contribution in [0.2, 0.25) is 0 Å². The van der Waals surface area contributed by atoms with Crippen molar-refractivity contribution in [1.82, 2.24) is 9.80 Å². The number of rotatable bonds is 8. The quantitative estimate of drug-likeness (QED) is 0.378. The van der Waals surface area contributed by atoms with Gasteiger partial charge in [-0.2, -0.15) is 0 Å². The van der Waals surface area contributed by atoms with E-state index < -0.39 is 17.7 Å². The second-order valence-corrected chi connectivity index (χ2v) is 8.23. The van der Waals surface area contributed by atoms with Gasteiger partial charge in [-0.1, -0.05) is 49.4 Å². The average Bonchev–Trinajstić information content (AvgIpc) is 3.12. The Morgan fingerprint density at radius 2 is 1.82 bits per heavy atom. The minimum Gasteiger partial charge on any atom is -0.507 e. The number of hydrogen-bond donors (Lipinski definition) is 1. The summed E-state index contributed by atoms with van der Waals surface area (Å²) in [5.41, 5.74) is 1.36. The van der Waals surface area contributed by atoms with Crippen LogP contribution in [-0.4, -0.2) is 72.6 Å². The summed E-state index contributed by atoms with van der Waals surface area (Å²) in [7, 11) is 0. The Morgan fingerprint density at radius 1 is 1.06 bits per heavy atom. The van der Waals surface area contributed by atoms with Crippen molar-refractivity contribution >= 4 is 17.4 Å². The van der Waals surface area contributed by atoms with Gasteiger partial charge in [0.1, 0.15) is 11.5 Å². The van der Waals surface area contributed by atoms with Crippen LogP contribution in [0.1, 0.15) is 30.5 Å². The molecule has 2 heterocycles. The number of ketones is 1. The Morgan fingerprint density at radius 3 is 2.55 bits per heavy atom. The molecule has 2 aromatic carbocycles. The lowest BCUT2D eigenvalue weighted by Gasteiger charge is -2.31. The molecule has 7 nitrogen and oxygen atoms in total. The number of aliphatic hydroxyl groups is 1. The molecule has 4 rings (SSSR count). The van der Waals surface area contributed by atoms with Crippen LogP contribution in [0.5, 0.6) is 5.75 Å². The van der Waals surface area contributed by atoms with Crippen molar-refractivity contribution in [1.29, 1.82) is 0 Å². The molecule has 33 heavy (non-hydrogen) atoms. The number of likely N-dealkylation sites (tertiary alicyclic amines) is 1. The van der Waals surface area contributed by atoms with Gasteiger partial charge in [0.25, 0.3) is 11.7 Å². The summed E-state index contributed by atoms with van der Waals surface area (Å²) < 4.78 is 11.1. The molecule has 174 valence electrons. The molecule has 0 bridgehead atoms. The van der Waals surface area contributed by atoms with Gasteiger partial charge < -0.3 is 19.5 Å². The Bertz CT molecular complexity index is 1010. The van der Waals surface area contributed by atoms with Gasteiger partial charge in [-0.15, -0.1) is 0 Å². The van der Waals surface area contributed by atoms with Gasteiger partial charge in [-0.25, -0.2) is 0 Å². The highest BCUT2D eigenvalue weighted by molar-refractivity contribution is 6.46. The third kappa shape index (κ3) is 5.10. The first-order valence-electron chi connectivity index (χ1n) is 11.5. The summed E-state index contributed by atoms with van der Waals surface area (Å²) in [5, 5.41) is 11.2. The van der Waals surface area contributed by atoms with E-state index in [1.165, 1.54) is 0 Å². The highest BCUT2D eigenvalue weighted by atomic mass is 16.5. The molecular weight excluding hydrogens is 420 g/mol. The number of benzene rings is 2. The van der Waals surface area contributed by atoms with E-state index in [-0.39, 0.29) is 11.3 Å². The molecule has 0 spiro atoms. The Hall–Kier alpha value is -3.16. The zero-order valence-corrected chi connectivity index (χ0v) is 18.9. The topological polar surface area (TPSA) is 79.3 Å². The van der Waals surface area contributed by atoms with Gasteiger partial charge in [0.2, 0.25) is 0 Å². The van der Waals surface area contributed by atoms with E-state index in [1.54, 1.807) is 23.1 Å². The fraction of sp³-hybridized carbons (Fsp3) is 0.385. The average molecular weight is 451 g/mol. The van der Waals surface area contributed by atoms with E-state index in [0.717, 1.165) is 25.1 Å². The van der Waals surface area contributed by atoms with Crippen molar-refractivity contribution in [3.63, 3.8) is 0 Å². The first-order chi connectivity index (χ1) is 16.1. The van der Waals surface area contributed by atoms with Crippen molar-refractivity contribution in [2.75, 3.05) is 46.0 Å². The molecule has 1 unspecified atom stereocenters. The second kappa shape index (κ2) is 10.6. The van der Waals surface area contributed by atoms with Crippen molar-refractivity contribution in [3.8, 4) is 5.75 Å². The molecule has 2 aliphatic rings. The number of nitrogens with zero attached hydrogens (tertiary/aromatic N) is 2. The van der Waals surface area contributed by atoms with Gasteiger partial charge in [-0.05, 0) is 24.1 Å². The van der Waals surface area contributed by atoms with E-state index >= 15 is 0 Å². The standard InChI is InChI=1S/C26H30N2O5/c1-2-15-33-21-10-6-9-20(18-21)24(29)22-23(19-7-4-3-5-8-19)28(26(31)25(22)30)12-11-27-13-16-32-17-14-27/h3-10,18,23,29H,2,11-17H2,1H3/b24-22+. The van der Waals surface area contributed by atoms with E-state index in [4.69, 9.17) is 9.47 Å². The van der Waals surface area contributed by atoms with Gasteiger partial charge in [0.05, 0.1) is 31.4 Å². The number of amides is 1. The Balaban J connectivity index is 1.69. The number of ether oxygens (including phenoxy) is 2. The second-order valence-electron chi connectivity index (χ2n) is 8.23. The smallest absolute Gasteiger partial charge is 0.295 e. The molecule has 0 aromatic heterocycles. The summed E-state index contributed by atoms with van der Waals surface area (Å²) in [6, 6.07) is 15.7. The molecule has 2 aromatic rings. The molecule has 1 atom stereocenters. The van der Waals surface area contributed by atoms with Gasteiger partial charge in [0.15, 0.2) is 0 Å². The third-order valence-electron chi connectivity index (χ3n) is 6.00. The van der Waals surface area contributed by atoms with Crippen molar-refractivity contribution in [3.05, 3.63) is 71.3 Å². The van der Waals surface area contributed by atoms with Crippen LogP contribution >= 0.6 is 0 Å². The van der Waals surface area contributed by atoms with Crippen LogP contribution < -0.4 is 4.74 Å². The van der Waals surface area contributed by atoms with Crippen LogP contribution in [-0.2, 0) is 14.3 Å².